The number of likely N-dealkylation sites (N-methyl/N-ethyl adjacent to an activating group) is 2. The lowest BCUT2D eigenvalue weighted by atomic mass is 10.5. The molecule has 2 amide bonds. The summed E-state index contributed by atoms with van der Waals surface area (Å²) in [6.07, 6.45) is -0.560. The lowest BCUT2D eigenvalue weighted by molar-refractivity contribution is -0.135. The number of carbonyl (C=O) groups excluding carboxylic acids is 2. The average Bonchev–Trinajstić information content (AvgIpc) is 3.00. The Balaban J connectivity index is 0. The summed E-state index contributed by atoms with van der Waals surface area (Å²) in [5.74, 6) is -0.787. The maximum atomic E-state index is 10.4. The second kappa shape index (κ2) is 13.5. The molecule has 1 unspecified atom stereocenters. The fraction of sp³-hybridized carbons (Fsp3) is 0.615. The predicted molar refractivity (Wildman–Crippen MR) is 92.5 cm³/mol. The minimum Gasteiger partial charge on any atom is -0.480 e. The third kappa shape index (κ3) is 13.6. The van der Waals surface area contributed by atoms with Gasteiger partial charge in [0.15, 0.2) is 11.9 Å². The van der Waals surface area contributed by atoms with Crippen molar-refractivity contribution < 1.29 is 29.7 Å². The topological polar surface area (TPSA) is 216 Å². The molecule has 1 atom stereocenters. The second-order valence-electron chi connectivity index (χ2n) is 5.14. The molecule has 2 aliphatic heterocycles. The number of nitrogens with two attached hydrogens (primary N) is 1. The first kappa shape index (κ1) is 25.5. The number of nitrogens with one attached hydrogen (secondary N) is 4. The first-order valence-corrected chi connectivity index (χ1v) is 7.34. The first-order valence-electron chi connectivity index (χ1n) is 7.34. The number of carboxylic acid groups (broad SMARTS) is 1. The van der Waals surface area contributed by atoms with E-state index in [4.69, 9.17) is 26.1 Å². The third-order valence-electron chi connectivity index (χ3n) is 2.48. The Morgan fingerprint density at radius 1 is 1.15 bits per heavy atom. The minimum absolute atomic E-state index is 0.0995. The van der Waals surface area contributed by atoms with Gasteiger partial charge in [-0.2, -0.15) is 0 Å². The Hall–Kier alpha value is -2.77. The van der Waals surface area contributed by atoms with Gasteiger partial charge < -0.3 is 30.9 Å². The van der Waals surface area contributed by atoms with E-state index in [2.05, 4.69) is 16.4 Å². The number of aliphatic carboxylic acids is 1. The van der Waals surface area contributed by atoms with E-state index in [1.54, 1.807) is 23.9 Å². The van der Waals surface area contributed by atoms with Crippen LogP contribution in [0.5, 0.6) is 0 Å². The van der Waals surface area contributed by atoms with Crippen LogP contribution < -0.4 is 16.4 Å². The second-order valence-corrected chi connectivity index (χ2v) is 5.14. The van der Waals surface area contributed by atoms with Crippen molar-refractivity contribution in [1.82, 2.24) is 20.4 Å². The molecule has 26 heavy (non-hydrogen) atoms. The number of hydrogen-bond acceptors (Lipinski definition) is 8. The molecule has 2 rings (SSSR count). The number of guanidine groups is 2. The van der Waals surface area contributed by atoms with E-state index in [0.717, 1.165) is 0 Å². The van der Waals surface area contributed by atoms with Crippen molar-refractivity contribution >= 4 is 29.7 Å². The largest absolute Gasteiger partial charge is 0.480 e. The number of carboxylic acids is 1. The van der Waals surface area contributed by atoms with Crippen LogP contribution in [0.25, 0.3) is 0 Å². The van der Waals surface area contributed by atoms with Crippen LogP contribution in [0.4, 0.5) is 0 Å². The van der Waals surface area contributed by atoms with E-state index in [-0.39, 0.29) is 36.9 Å². The maximum Gasteiger partial charge on any atom is 0.317 e. The predicted octanol–water partition coefficient (Wildman–Crippen LogP) is -3.65. The highest BCUT2D eigenvalue weighted by atomic mass is 16.4. The van der Waals surface area contributed by atoms with Crippen molar-refractivity contribution in [2.75, 3.05) is 40.3 Å². The zero-order valence-electron chi connectivity index (χ0n) is 14.9. The third-order valence-corrected chi connectivity index (χ3v) is 2.48. The van der Waals surface area contributed by atoms with Gasteiger partial charge >= 0.3 is 5.97 Å². The van der Waals surface area contributed by atoms with Crippen LogP contribution in [0, 0.1) is 10.8 Å². The number of amides is 2. The number of rotatable bonds is 2. The van der Waals surface area contributed by atoms with Crippen LogP contribution in [-0.2, 0) is 14.4 Å². The molecule has 9 N–H and O–H groups in total. The highest BCUT2D eigenvalue weighted by Gasteiger charge is 2.19. The molecule has 0 aromatic rings. The SMILES string of the molecule is CC(O)CO.CN1CC(=O)NC1=N.CN1CC(=O)NC1=N.NCC(=O)O. The molecule has 13 nitrogen and oxygen atoms in total. The van der Waals surface area contributed by atoms with Gasteiger partial charge in [0.05, 0.1) is 32.3 Å². The van der Waals surface area contributed by atoms with Gasteiger partial charge in [-0.1, -0.05) is 0 Å². The van der Waals surface area contributed by atoms with Crippen molar-refractivity contribution in [3.8, 4) is 0 Å². The average molecular weight is 377 g/mol. The van der Waals surface area contributed by atoms with Crippen molar-refractivity contribution in [3.63, 3.8) is 0 Å². The van der Waals surface area contributed by atoms with Gasteiger partial charge in [-0.25, -0.2) is 0 Å². The Labute approximate surface area is 150 Å². The van der Waals surface area contributed by atoms with Gasteiger partial charge in [-0.3, -0.25) is 35.8 Å². The summed E-state index contributed by atoms with van der Waals surface area (Å²) in [7, 11) is 3.39. The summed E-state index contributed by atoms with van der Waals surface area (Å²) >= 11 is 0. The van der Waals surface area contributed by atoms with Gasteiger partial charge in [-0.15, -0.1) is 0 Å². The fourth-order valence-corrected chi connectivity index (χ4v) is 1.12. The zero-order valence-corrected chi connectivity index (χ0v) is 14.9. The molecule has 0 spiro atoms. The van der Waals surface area contributed by atoms with E-state index in [0.29, 0.717) is 13.1 Å². The first-order chi connectivity index (χ1) is 11.9. The molecule has 2 heterocycles. The molecule has 150 valence electrons. The number of nitrogens with zero attached hydrogens (tertiary/aromatic N) is 2. The molecule has 2 aliphatic rings. The van der Waals surface area contributed by atoms with Crippen LogP contribution in [-0.4, -0.2) is 101 Å². The van der Waals surface area contributed by atoms with Crippen molar-refractivity contribution in [2.24, 2.45) is 5.73 Å². The molecule has 0 aromatic carbocycles. The molecular weight excluding hydrogens is 350 g/mol. The Kier molecular flexibility index (Phi) is 13.2. The Bertz CT molecular complexity index is 477. The molecule has 2 saturated heterocycles. The van der Waals surface area contributed by atoms with Gasteiger partial charge in [0.25, 0.3) is 0 Å². The minimum atomic E-state index is -0.968. The lowest BCUT2D eigenvalue weighted by Gasteiger charge is -2.03. The van der Waals surface area contributed by atoms with Crippen LogP contribution in [0.1, 0.15) is 6.92 Å². The number of hydrogen-bond donors (Lipinski definition) is 8. The zero-order chi connectivity index (χ0) is 20.9. The summed E-state index contributed by atoms with van der Waals surface area (Å²) < 4.78 is 0. The Morgan fingerprint density at radius 2 is 1.42 bits per heavy atom. The highest BCUT2D eigenvalue weighted by Crippen LogP contribution is 1.89. The van der Waals surface area contributed by atoms with E-state index < -0.39 is 12.1 Å². The molecule has 13 heteroatoms. The van der Waals surface area contributed by atoms with E-state index in [1.165, 1.54) is 6.92 Å². The normalized spacial score (nSPS) is 16.2. The Morgan fingerprint density at radius 3 is 1.46 bits per heavy atom. The number of carbonyl (C=O) groups is 3. The molecule has 0 aliphatic carbocycles. The van der Waals surface area contributed by atoms with E-state index in [1.807, 2.05) is 0 Å². The van der Waals surface area contributed by atoms with Crippen LogP contribution in [0.2, 0.25) is 0 Å². The molecule has 0 saturated carbocycles. The van der Waals surface area contributed by atoms with Crippen molar-refractivity contribution in [2.45, 2.75) is 13.0 Å². The fourth-order valence-electron chi connectivity index (χ4n) is 1.12. The molecule has 0 aromatic heterocycles. The number of aliphatic hydroxyl groups excluding tert-OH is 2. The van der Waals surface area contributed by atoms with Crippen LogP contribution in [0.3, 0.4) is 0 Å². The summed E-state index contributed by atoms with van der Waals surface area (Å²) in [5, 5.41) is 42.2. The summed E-state index contributed by atoms with van der Waals surface area (Å²) in [5.41, 5.74) is 4.57. The monoisotopic (exact) mass is 377 g/mol. The smallest absolute Gasteiger partial charge is 0.317 e. The van der Waals surface area contributed by atoms with Gasteiger partial charge in [0.2, 0.25) is 11.8 Å². The summed E-state index contributed by atoms with van der Waals surface area (Å²) in [4.78, 5) is 33.1. The van der Waals surface area contributed by atoms with Gasteiger partial charge in [-0.05, 0) is 6.92 Å². The lowest BCUT2D eigenvalue weighted by Crippen LogP contribution is -2.25. The van der Waals surface area contributed by atoms with Crippen molar-refractivity contribution in [3.05, 3.63) is 0 Å². The highest BCUT2D eigenvalue weighted by molar-refractivity contribution is 6.03. The quantitative estimate of drug-likeness (QED) is 0.238. The summed E-state index contributed by atoms with van der Waals surface area (Å²) in [6, 6.07) is 0. The van der Waals surface area contributed by atoms with Gasteiger partial charge in [0.1, 0.15) is 0 Å². The van der Waals surface area contributed by atoms with Crippen LogP contribution >= 0.6 is 0 Å². The van der Waals surface area contributed by atoms with E-state index >= 15 is 0 Å². The maximum absolute atomic E-state index is 10.4. The standard InChI is InChI=1S/2C4H7N3O.C3H8O2.C2H5NO2/c2*1-7-2-3(8)6-4(7)5;1-3(5)2-4;3-1-2(4)5/h2*2H2,1H3,(H2,5,6,8);3-5H,2H2,1H3;1,3H2,(H,4,5). The summed E-state index contributed by atoms with van der Waals surface area (Å²) in [6.45, 7) is 1.75. The molecular formula is C13H27N7O6. The van der Waals surface area contributed by atoms with Crippen molar-refractivity contribution in [1.29, 1.82) is 10.8 Å². The molecule has 2 fully saturated rings. The van der Waals surface area contributed by atoms with Crippen LogP contribution in [0.15, 0.2) is 0 Å². The molecule has 0 radical (unpaired) electrons. The molecule has 0 bridgehead atoms. The van der Waals surface area contributed by atoms with Gasteiger partial charge in [0, 0.05) is 14.1 Å². The van der Waals surface area contributed by atoms with E-state index in [9.17, 15) is 14.4 Å². The number of aliphatic hydroxyl groups is 2.